The Hall–Kier alpha value is -3.94. The van der Waals surface area contributed by atoms with Gasteiger partial charge >= 0.3 is 11.6 Å². The molecule has 0 spiro atoms. The first-order valence-corrected chi connectivity index (χ1v) is 18.3. The van der Waals surface area contributed by atoms with Crippen molar-refractivity contribution in [2.75, 3.05) is 7.11 Å². The lowest BCUT2D eigenvalue weighted by molar-refractivity contribution is -0.144. The van der Waals surface area contributed by atoms with E-state index in [4.69, 9.17) is 18.6 Å². The van der Waals surface area contributed by atoms with E-state index in [-0.39, 0.29) is 40.8 Å². The zero-order chi connectivity index (χ0) is 36.4. The molecular weight excluding hydrogens is 632 g/mol. The molecule has 1 aliphatic carbocycles. The van der Waals surface area contributed by atoms with E-state index in [1.54, 1.807) is 24.3 Å². The molecule has 2 atom stereocenters. The SMILES string of the molecule is CCCCCCC(C)(C)c1cc(OC(=O)C(C)(C)CCCC(=O)c2cc3ccc(OC)cc3oc2=O)c2c(c1)OC(C)(C)[C@@H]1CCC(=O)C[C@@H]21. The van der Waals surface area contributed by atoms with Crippen LogP contribution in [0.4, 0.5) is 0 Å². The summed E-state index contributed by atoms with van der Waals surface area (Å²) in [5.41, 5.74) is -0.0891. The van der Waals surface area contributed by atoms with Crippen molar-refractivity contribution >= 4 is 28.5 Å². The lowest BCUT2D eigenvalue weighted by Crippen LogP contribution is -2.47. The summed E-state index contributed by atoms with van der Waals surface area (Å²) in [6.45, 7) is 14.5. The molecule has 0 N–H and O–H groups in total. The van der Waals surface area contributed by atoms with Crippen molar-refractivity contribution in [1.82, 2.24) is 0 Å². The first-order valence-electron chi connectivity index (χ1n) is 18.3. The summed E-state index contributed by atoms with van der Waals surface area (Å²) in [5, 5.41) is 0.627. The van der Waals surface area contributed by atoms with Crippen molar-refractivity contribution in [3.05, 3.63) is 63.5 Å². The number of carbonyl (C=O) groups excluding carboxylic acids is 3. The number of fused-ring (bicyclic) bond motifs is 4. The molecule has 1 fully saturated rings. The number of benzene rings is 2. The maximum atomic E-state index is 14.0. The predicted molar refractivity (Wildman–Crippen MR) is 195 cm³/mol. The van der Waals surface area contributed by atoms with Crippen LogP contribution in [0.25, 0.3) is 11.0 Å². The van der Waals surface area contributed by atoms with Gasteiger partial charge in [-0.2, -0.15) is 0 Å². The molecule has 2 aromatic carbocycles. The van der Waals surface area contributed by atoms with Crippen LogP contribution in [0.2, 0.25) is 0 Å². The van der Waals surface area contributed by atoms with Crippen LogP contribution in [0.5, 0.6) is 17.2 Å². The van der Waals surface area contributed by atoms with Gasteiger partial charge < -0.3 is 18.6 Å². The second kappa shape index (κ2) is 14.7. The van der Waals surface area contributed by atoms with E-state index in [1.165, 1.54) is 26.4 Å². The summed E-state index contributed by atoms with van der Waals surface area (Å²) in [7, 11) is 1.53. The molecule has 270 valence electrons. The van der Waals surface area contributed by atoms with E-state index < -0.39 is 22.6 Å². The van der Waals surface area contributed by atoms with Gasteiger partial charge in [-0.3, -0.25) is 14.4 Å². The van der Waals surface area contributed by atoms with Crippen molar-refractivity contribution in [1.29, 1.82) is 0 Å². The van der Waals surface area contributed by atoms with Gasteiger partial charge in [-0.1, -0.05) is 46.5 Å². The van der Waals surface area contributed by atoms with E-state index in [1.807, 2.05) is 19.9 Å². The van der Waals surface area contributed by atoms with Crippen LogP contribution in [0.3, 0.4) is 0 Å². The van der Waals surface area contributed by atoms with Crippen LogP contribution in [0.15, 0.2) is 45.6 Å². The monoisotopic (exact) mass is 686 g/mol. The van der Waals surface area contributed by atoms with Gasteiger partial charge in [-0.25, -0.2) is 4.79 Å². The molecule has 2 aliphatic rings. The standard InChI is InChI=1S/C42H54O8/c1-9-10-11-12-19-40(2,3)27-22-35(37-30-24-28(43)16-18-32(30)42(6,7)50-36(37)23-27)49-39(46)41(4,5)20-13-14-33(44)31-21-26-15-17-29(47-8)25-34(26)48-38(31)45/h15,17,21-23,25,30,32H,9-14,16,18-20,24H2,1-8H3/t30-,32-/m1/s1. The van der Waals surface area contributed by atoms with Gasteiger partial charge in [0.15, 0.2) is 5.78 Å². The fraction of sp³-hybridized carbons (Fsp3) is 0.571. The van der Waals surface area contributed by atoms with Crippen LogP contribution >= 0.6 is 0 Å². The Kier molecular flexibility index (Phi) is 11.0. The maximum absolute atomic E-state index is 14.0. The van der Waals surface area contributed by atoms with Gasteiger partial charge in [0.05, 0.1) is 12.5 Å². The second-order valence-corrected chi connectivity index (χ2v) is 16.2. The Labute approximate surface area is 296 Å². The molecule has 8 heteroatoms. The number of Topliss-reactive ketones (excluding diaryl/α,β-unsaturated/α-hetero) is 2. The fourth-order valence-corrected chi connectivity index (χ4v) is 7.74. The van der Waals surface area contributed by atoms with Crippen molar-refractivity contribution in [2.45, 2.75) is 136 Å². The predicted octanol–water partition coefficient (Wildman–Crippen LogP) is 9.66. The summed E-state index contributed by atoms with van der Waals surface area (Å²) in [6.07, 6.45) is 8.10. The number of carbonyl (C=O) groups is 3. The van der Waals surface area contributed by atoms with E-state index in [0.29, 0.717) is 53.9 Å². The highest BCUT2D eigenvalue weighted by Gasteiger charge is 2.48. The van der Waals surface area contributed by atoms with E-state index in [0.717, 1.165) is 30.4 Å². The number of hydrogen-bond acceptors (Lipinski definition) is 8. The molecular formula is C42H54O8. The molecule has 3 aromatic rings. The average molecular weight is 687 g/mol. The molecule has 0 bridgehead atoms. The largest absolute Gasteiger partial charge is 0.497 e. The number of methoxy groups -OCH3 is 1. The quantitative estimate of drug-likeness (QED) is 0.0542. The third-order valence-electron chi connectivity index (χ3n) is 11.0. The van der Waals surface area contributed by atoms with Gasteiger partial charge in [0.1, 0.15) is 39.8 Å². The summed E-state index contributed by atoms with van der Waals surface area (Å²) in [5.74, 6) is 1.21. The lowest BCUT2D eigenvalue weighted by Gasteiger charge is -2.47. The average Bonchev–Trinajstić information content (AvgIpc) is 3.05. The lowest BCUT2D eigenvalue weighted by atomic mass is 9.66. The first-order chi connectivity index (χ1) is 23.6. The Morgan fingerprint density at radius 2 is 1.72 bits per heavy atom. The van der Waals surface area contributed by atoms with Crippen LogP contribution in [0, 0.1) is 11.3 Å². The Bertz CT molecular complexity index is 1810. The number of ether oxygens (including phenoxy) is 3. The number of rotatable bonds is 14. The maximum Gasteiger partial charge on any atom is 0.347 e. The minimum absolute atomic E-state index is 0.0108. The third-order valence-corrected chi connectivity index (χ3v) is 11.0. The molecule has 1 aliphatic heterocycles. The minimum Gasteiger partial charge on any atom is -0.497 e. The van der Waals surface area contributed by atoms with Gasteiger partial charge in [0, 0.05) is 48.1 Å². The van der Waals surface area contributed by atoms with E-state index in [2.05, 4.69) is 40.7 Å². The summed E-state index contributed by atoms with van der Waals surface area (Å²) in [4.78, 5) is 52.6. The van der Waals surface area contributed by atoms with Crippen molar-refractivity contribution < 1.29 is 33.0 Å². The molecule has 0 saturated heterocycles. The highest BCUT2D eigenvalue weighted by Crippen LogP contribution is 2.55. The topological polar surface area (TPSA) is 109 Å². The van der Waals surface area contributed by atoms with Crippen molar-refractivity contribution in [3.63, 3.8) is 0 Å². The number of hydrogen-bond donors (Lipinski definition) is 0. The molecule has 0 radical (unpaired) electrons. The Balaban J connectivity index is 1.37. The van der Waals surface area contributed by atoms with Gasteiger partial charge in [0.25, 0.3) is 0 Å². The van der Waals surface area contributed by atoms with E-state index >= 15 is 0 Å². The van der Waals surface area contributed by atoms with Crippen molar-refractivity contribution in [3.8, 4) is 17.2 Å². The molecule has 50 heavy (non-hydrogen) atoms. The van der Waals surface area contributed by atoms with E-state index in [9.17, 15) is 19.2 Å². The fourth-order valence-electron chi connectivity index (χ4n) is 7.74. The molecule has 0 amide bonds. The summed E-state index contributed by atoms with van der Waals surface area (Å²) >= 11 is 0. The normalized spacial score (nSPS) is 18.6. The van der Waals surface area contributed by atoms with Crippen LogP contribution in [-0.2, 0) is 15.0 Å². The number of ketones is 2. The zero-order valence-corrected chi connectivity index (χ0v) is 31.2. The molecule has 1 aromatic heterocycles. The Morgan fingerprint density at radius 3 is 2.44 bits per heavy atom. The smallest absolute Gasteiger partial charge is 0.347 e. The van der Waals surface area contributed by atoms with Gasteiger partial charge in [-0.05, 0) is 94.7 Å². The molecule has 1 saturated carbocycles. The molecule has 8 nitrogen and oxygen atoms in total. The number of esters is 1. The number of unbranched alkanes of at least 4 members (excludes halogenated alkanes) is 3. The van der Waals surface area contributed by atoms with Gasteiger partial charge in [0.2, 0.25) is 0 Å². The Morgan fingerprint density at radius 1 is 0.960 bits per heavy atom. The van der Waals surface area contributed by atoms with Crippen molar-refractivity contribution in [2.24, 2.45) is 11.3 Å². The minimum atomic E-state index is -0.931. The van der Waals surface area contributed by atoms with Crippen LogP contribution in [-0.4, -0.2) is 30.2 Å². The molecule has 2 heterocycles. The highest BCUT2D eigenvalue weighted by molar-refractivity contribution is 5.98. The second-order valence-electron chi connectivity index (χ2n) is 16.2. The zero-order valence-electron chi connectivity index (χ0n) is 31.2. The first kappa shape index (κ1) is 37.3. The summed E-state index contributed by atoms with van der Waals surface area (Å²) < 4.78 is 23.7. The molecule has 5 rings (SSSR count). The van der Waals surface area contributed by atoms with Crippen LogP contribution < -0.4 is 19.8 Å². The highest BCUT2D eigenvalue weighted by atomic mass is 16.5. The third kappa shape index (κ3) is 8.00. The molecule has 0 unspecified atom stereocenters. The summed E-state index contributed by atoms with van der Waals surface area (Å²) in [6, 6.07) is 10.8. The van der Waals surface area contributed by atoms with Crippen LogP contribution in [0.1, 0.15) is 146 Å². The van der Waals surface area contributed by atoms with Gasteiger partial charge in [-0.15, -0.1) is 0 Å².